The molecule has 1 atom stereocenters. The smallest absolute Gasteiger partial charge is 0.407 e. The van der Waals surface area contributed by atoms with Crippen LogP contribution in [0.4, 0.5) is 26.7 Å². The maximum atomic E-state index is 13.6. The predicted octanol–water partition coefficient (Wildman–Crippen LogP) is 6.49. The SMILES string of the molecule is Cc1cc(Oc2ccccc2)ccc1N1C(=O)Nc2c(C(=O)N[C@@H]3CCN(C(=O)/C=C/CNC(=O)OC(C)(C)C)C3)sc3nccc1c23. The fourth-order valence-electron chi connectivity index (χ4n) is 5.60. The number of carbonyl (C=O) groups excluding carboxylic acids is 4. The van der Waals surface area contributed by atoms with Crippen LogP contribution in [0.1, 0.15) is 42.4 Å². The molecular formula is C35H36N6O6S. The maximum absolute atomic E-state index is 13.6. The molecule has 0 bridgehead atoms. The maximum Gasteiger partial charge on any atom is 0.407 e. The number of alkyl carbamates (subject to hydrolysis) is 1. The van der Waals surface area contributed by atoms with Gasteiger partial charge in [-0.15, -0.1) is 11.3 Å². The molecule has 3 N–H and O–H groups in total. The number of benzene rings is 2. The second-order valence-corrected chi connectivity index (χ2v) is 13.5. The van der Waals surface area contributed by atoms with E-state index in [0.29, 0.717) is 63.2 Å². The van der Waals surface area contributed by atoms with Crippen molar-refractivity contribution in [2.45, 2.75) is 45.8 Å². The molecule has 2 aromatic heterocycles. The van der Waals surface area contributed by atoms with E-state index < -0.39 is 17.7 Å². The van der Waals surface area contributed by atoms with Crippen molar-refractivity contribution >= 4 is 62.6 Å². The minimum Gasteiger partial charge on any atom is -0.457 e. The number of thiophene rings is 1. The molecule has 6 rings (SSSR count). The summed E-state index contributed by atoms with van der Waals surface area (Å²) in [5, 5.41) is 9.23. The minimum atomic E-state index is -0.609. The Morgan fingerprint density at radius 3 is 2.62 bits per heavy atom. The Balaban J connectivity index is 1.12. The number of para-hydroxylation sites is 1. The number of anilines is 3. The van der Waals surface area contributed by atoms with Gasteiger partial charge in [-0.05, 0) is 76.1 Å². The Hall–Kier alpha value is -5.43. The first-order valence-electron chi connectivity index (χ1n) is 15.6. The van der Waals surface area contributed by atoms with E-state index in [4.69, 9.17) is 9.47 Å². The molecule has 248 valence electrons. The highest BCUT2D eigenvalue weighted by atomic mass is 32.1. The van der Waals surface area contributed by atoms with Gasteiger partial charge >= 0.3 is 12.1 Å². The summed E-state index contributed by atoms with van der Waals surface area (Å²) in [6, 6.07) is 16.1. The predicted molar refractivity (Wildman–Crippen MR) is 184 cm³/mol. The molecule has 1 saturated heterocycles. The number of hydrogen-bond donors (Lipinski definition) is 3. The van der Waals surface area contributed by atoms with E-state index in [1.807, 2.05) is 55.5 Å². The fraction of sp³-hybridized carbons (Fsp3) is 0.286. The van der Waals surface area contributed by atoms with Crippen molar-refractivity contribution in [1.82, 2.24) is 20.5 Å². The molecule has 13 heteroatoms. The summed E-state index contributed by atoms with van der Waals surface area (Å²) < 4.78 is 11.2. The van der Waals surface area contributed by atoms with Gasteiger partial charge in [0.1, 0.15) is 26.8 Å². The van der Waals surface area contributed by atoms with E-state index in [2.05, 4.69) is 20.9 Å². The van der Waals surface area contributed by atoms with Gasteiger partial charge in [0.25, 0.3) is 5.91 Å². The van der Waals surface area contributed by atoms with Crippen LogP contribution in [-0.4, -0.2) is 65.1 Å². The van der Waals surface area contributed by atoms with E-state index in [1.54, 1.807) is 48.9 Å². The largest absolute Gasteiger partial charge is 0.457 e. The van der Waals surface area contributed by atoms with Crippen molar-refractivity contribution in [3.63, 3.8) is 0 Å². The zero-order valence-corrected chi connectivity index (χ0v) is 27.8. The molecule has 4 heterocycles. The van der Waals surface area contributed by atoms with Gasteiger partial charge in [0.2, 0.25) is 5.91 Å². The molecule has 0 spiro atoms. The second-order valence-electron chi connectivity index (χ2n) is 12.5. The van der Waals surface area contributed by atoms with Crippen LogP contribution in [0, 0.1) is 6.92 Å². The first-order chi connectivity index (χ1) is 23.0. The van der Waals surface area contributed by atoms with Crippen LogP contribution < -0.4 is 25.6 Å². The van der Waals surface area contributed by atoms with Crippen LogP contribution in [0.2, 0.25) is 0 Å². The number of urea groups is 1. The summed E-state index contributed by atoms with van der Waals surface area (Å²) in [5.74, 6) is 0.797. The van der Waals surface area contributed by atoms with Crippen molar-refractivity contribution in [2.75, 3.05) is 29.9 Å². The Morgan fingerprint density at radius 1 is 1.08 bits per heavy atom. The summed E-state index contributed by atoms with van der Waals surface area (Å²) in [7, 11) is 0. The molecule has 2 aromatic carbocycles. The van der Waals surface area contributed by atoms with E-state index in [0.717, 1.165) is 5.56 Å². The van der Waals surface area contributed by atoms with Crippen LogP contribution >= 0.6 is 11.3 Å². The van der Waals surface area contributed by atoms with Gasteiger partial charge in [-0.1, -0.05) is 24.3 Å². The molecule has 0 radical (unpaired) electrons. The number of likely N-dealkylation sites (tertiary alicyclic amines) is 1. The molecular weight excluding hydrogens is 632 g/mol. The zero-order chi connectivity index (χ0) is 34.0. The van der Waals surface area contributed by atoms with Gasteiger partial charge in [0.05, 0.1) is 22.4 Å². The van der Waals surface area contributed by atoms with Crippen molar-refractivity contribution in [1.29, 1.82) is 0 Å². The Morgan fingerprint density at radius 2 is 1.88 bits per heavy atom. The molecule has 48 heavy (non-hydrogen) atoms. The number of ether oxygens (including phenoxy) is 2. The number of amides is 5. The Kier molecular flexibility index (Phi) is 9.05. The van der Waals surface area contributed by atoms with Crippen LogP contribution in [0.3, 0.4) is 0 Å². The number of aryl methyl sites for hydroxylation is 1. The average molecular weight is 669 g/mol. The molecule has 0 unspecified atom stereocenters. The van der Waals surface area contributed by atoms with E-state index in [9.17, 15) is 19.2 Å². The van der Waals surface area contributed by atoms with Gasteiger partial charge in [0.15, 0.2) is 0 Å². The third-order valence-electron chi connectivity index (χ3n) is 7.70. The number of nitrogens with one attached hydrogen (secondary N) is 3. The minimum absolute atomic E-state index is 0.149. The fourth-order valence-corrected chi connectivity index (χ4v) is 6.62. The Labute approximate surface area is 281 Å². The van der Waals surface area contributed by atoms with Gasteiger partial charge in [0, 0.05) is 37.9 Å². The third kappa shape index (κ3) is 7.10. The average Bonchev–Trinajstić information content (AvgIpc) is 3.65. The van der Waals surface area contributed by atoms with E-state index in [1.165, 1.54) is 17.4 Å². The van der Waals surface area contributed by atoms with E-state index >= 15 is 0 Å². The second kappa shape index (κ2) is 13.4. The van der Waals surface area contributed by atoms with Crippen LogP contribution in [0.15, 0.2) is 72.9 Å². The first kappa shape index (κ1) is 32.5. The summed E-state index contributed by atoms with van der Waals surface area (Å²) in [6.45, 7) is 8.18. The van der Waals surface area contributed by atoms with Crippen molar-refractivity contribution in [2.24, 2.45) is 0 Å². The van der Waals surface area contributed by atoms with Crippen molar-refractivity contribution < 1.29 is 28.7 Å². The molecule has 0 aliphatic carbocycles. The van der Waals surface area contributed by atoms with Gasteiger partial charge in [-0.25, -0.2) is 14.6 Å². The van der Waals surface area contributed by atoms with E-state index in [-0.39, 0.29) is 24.4 Å². The van der Waals surface area contributed by atoms with Crippen LogP contribution in [-0.2, 0) is 9.53 Å². The van der Waals surface area contributed by atoms with Crippen molar-refractivity contribution in [3.8, 4) is 11.5 Å². The lowest BCUT2D eigenvalue weighted by atomic mass is 10.1. The molecule has 12 nitrogen and oxygen atoms in total. The summed E-state index contributed by atoms with van der Waals surface area (Å²) >= 11 is 1.21. The highest BCUT2D eigenvalue weighted by Gasteiger charge is 2.34. The topological polar surface area (TPSA) is 142 Å². The molecule has 0 saturated carbocycles. The lowest BCUT2D eigenvalue weighted by molar-refractivity contribution is -0.125. The third-order valence-corrected chi connectivity index (χ3v) is 8.80. The number of nitrogens with zero attached hydrogens (tertiary/aromatic N) is 3. The molecule has 2 aliphatic heterocycles. The van der Waals surface area contributed by atoms with Crippen LogP contribution in [0.25, 0.3) is 10.2 Å². The van der Waals surface area contributed by atoms with Gasteiger partial charge in [-0.3, -0.25) is 14.5 Å². The number of rotatable bonds is 8. The van der Waals surface area contributed by atoms with Gasteiger partial charge in [-0.2, -0.15) is 0 Å². The highest BCUT2D eigenvalue weighted by Crippen LogP contribution is 2.46. The zero-order valence-electron chi connectivity index (χ0n) is 27.0. The number of carbonyl (C=O) groups is 4. The summed E-state index contributed by atoms with van der Waals surface area (Å²) in [6.07, 6.45) is 4.61. The first-order valence-corrected chi connectivity index (χ1v) is 16.4. The molecule has 5 amide bonds. The molecule has 4 aromatic rings. The van der Waals surface area contributed by atoms with Gasteiger partial charge < -0.3 is 30.3 Å². The van der Waals surface area contributed by atoms with Crippen LogP contribution in [0.5, 0.6) is 11.5 Å². The monoisotopic (exact) mass is 668 g/mol. The molecule has 2 aliphatic rings. The quantitative estimate of drug-likeness (QED) is 0.182. The highest BCUT2D eigenvalue weighted by molar-refractivity contribution is 7.21. The number of pyridine rings is 1. The lowest BCUT2D eigenvalue weighted by Gasteiger charge is -2.29. The summed E-state index contributed by atoms with van der Waals surface area (Å²) in [5.41, 5.74) is 1.94. The number of hydrogen-bond acceptors (Lipinski definition) is 8. The normalized spacial score (nSPS) is 15.8. The number of aromatic nitrogens is 1. The van der Waals surface area contributed by atoms with Crippen molar-refractivity contribution in [3.05, 3.63) is 83.4 Å². The lowest BCUT2D eigenvalue weighted by Crippen LogP contribution is -2.39. The standard InChI is InChI=1S/C35H36N6O6S/c1-21-19-24(46-23-9-6-5-7-10-23)12-13-25(21)41-26-14-17-36-32-28(26)29(39-33(41)44)30(48-32)31(43)38-22-15-18-40(20-22)27(42)11-8-16-37-34(45)47-35(2,3)4/h5-14,17,19,22H,15-16,18,20H2,1-4H3,(H,37,45)(H,38,43)(H,39,44)/b11-8+/t22-/m1/s1. The Bertz CT molecular complexity index is 1920. The molecule has 1 fully saturated rings. The summed E-state index contributed by atoms with van der Waals surface area (Å²) in [4.78, 5) is 60.4.